The molecule has 0 unspecified atom stereocenters. The minimum Gasteiger partial charge on any atom is -0.506 e. The van der Waals surface area contributed by atoms with Crippen LogP contribution in [0.25, 0.3) is 0 Å². The molecule has 1 heterocycles. The molecule has 3 heteroatoms. The van der Waals surface area contributed by atoms with Crippen molar-refractivity contribution in [3.05, 3.63) is 26.7 Å². The lowest BCUT2D eigenvalue weighted by atomic mass is 9.91. The first-order chi connectivity index (χ1) is 7.02. The van der Waals surface area contributed by atoms with Crippen molar-refractivity contribution in [3.63, 3.8) is 0 Å². The minimum atomic E-state index is 0.413. The number of halogens is 1. The maximum absolute atomic E-state index is 9.95. The molecule has 1 aliphatic rings. The van der Waals surface area contributed by atoms with E-state index in [0.717, 1.165) is 29.5 Å². The van der Waals surface area contributed by atoms with Crippen LogP contribution in [0.1, 0.15) is 22.3 Å². The van der Waals surface area contributed by atoms with Gasteiger partial charge in [-0.05, 0) is 65.5 Å². The lowest BCUT2D eigenvalue weighted by molar-refractivity contribution is 0.310. The maximum Gasteiger partial charge on any atom is 0.133 e. The summed E-state index contributed by atoms with van der Waals surface area (Å²) in [7, 11) is 2.14. The second-order valence-corrected chi connectivity index (χ2v) is 5.15. The molecular weight excluding hydrogens is 254 g/mol. The average molecular weight is 270 g/mol. The molecule has 0 bridgehead atoms. The first-order valence-electron chi connectivity index (χ1n) is 5.20. The van der Waals surface area contributed by atoms with Gasteiger partial charge in [-0.25, -0.2) is 0 Å². The smallest absolute Gasteiger partial charge is 0.133 e. The van der Waals surface area contributed by atoms with E-state index >= 15 is 0 Å². The standard InChI is InChI=1S/C12H16BrNO/c1-7-10-6-14(3)5-4-9(10)8(2)12(15)11(7)13/h15H,4-6H2,1-3H3. The molecule has 1 N–H and O–H groups in total. The van der Waals surface area contributed by atoms with Gasteiger partial charge in [0.05, 0.1) is 4.47 Å². The van der Waals surface area contributed by atoms with Crippen molar-refractivity contribution in [2.24, 2.45) is 0 Å². The van der Waals surface area contributed by atoms with E-state index in [1.807, 2.05) is 6.92 Å². The lowest BCUT2D eigenvalue weighted by Gasteiger charge is -2.29. The summed E-state index contributed by atoms with van der Waals surface area (Å²) in [5.74, 6) is 0.413. The zero-order valence-corrected chi connectivity index (χ0v) is 11.0. The Labute approximate surface area is 99.0 Å². The second-order valence-electron chi connectivity index (χ2n) is 4.36. The quantitative estimate of drug-likeness (QED) is 0.783. The van der Waals surface area contributed by atoms with Gasteiger partial charge in [-0.3, -0.25) is 0 Å². The Balaban J connectivity index is 2.65. The van der Waals surface area contributed by atoms with Crippen LogP contribution in [0.15, 0.2) is 4.47 Å². The number of fused-ring (bicyclic) bond motifs is 1. The molecule has 0 amide bonds. The third kappa shape index (κ3) is 1.68. The highest BCUT2D eigenvalue weighted by Crippen LogP contribution is 2.38. The number of hydrogen-bond donors (Lipinski definition) is 1. The van der Waals surface area contributed by atoms with Crippen molar-refractivity contribution < 1.29 is 5.11 Å². The molecule has 0 saturated carbocycles. The number of likely N-dealkylation sites (N-methyl/N-ethyl adjacent to an activating group) is 1. The van der Waals surface area contributed by atoms with E-state index in [2.05, 4.69) is 34.8 Å². The molecule has 1 aliphatic heterocycles. The van der Waals surface area contributed by atoms with Gasteiger partial charge in [0, 0.05) is 13.1 Å². The Morgan fingerprint density at radius 2 is 1.87 bits per heavy atom. The number of aromatic hydroxyl groups is 1. The van der Waals surface area contributed by atoms with Crippen molar-refractivity contribution in [3.8, 4) is 5.75 Å². The van der Waals surface area contributed by atoms with Gasteiger partial charge in [0.1, 0.15) is 5.75 Å². The van der Waals surface area contributed by atoms with Crippen LogP contribution < -0.4 is 0 Å². The van der Waals surface area contributed by atoms with Gasteiger partial charge in [-0.2, -0.15) is 0 Å². The van der Waals surface area contributed by atoms with E-state index in [1.165, 1.54) is 16.7 Å². The van der Waals surface area contributed by atoms with Crippen LogP contribution in [-0.4, -0.2) is 23.6 Å². The summed E-state index contributed by atoms with van der Waals surface area (Å²) in [5, 5.41) is 9.95. The molecule has 0 radical (unpaired) electrons. The molecule has 0 saturated heterocycles. The van der Waals surface area contributed by atoms with Gasteiger partial charge in [-0.15, -0.1) is 0 Å². The average Bonchev–Trinajstić information content (AvgIpc) is 2.23. The molecule has 15 heavy (non-hydrogen) atoms. The highest BCUT2D eigenvalue weighted by atomic mass is 79.9. The van der Waals surface area contributed by atoms with Gasteiger partial charge in [0.25, 0.3) is 0 Å². The molecular formula is C12H16BrNO. The van der Waals surface area contributed by atoms with Crippen LogP contribution in [0.3, 0.4) is 0 Å². The molecule has 2 rings (SSSR count). The van der Waals surface area contributed by atoms with Crippen LogP contribution in [0.5, 0.6) is 5.75 Å². The number of hydrogen-bond acceptors (Lipinski definition) is 2. The summed E-state index contributed by atoms with van der Waals surface area (Å²) < 4.78 is 0.856. The Bertz CT molecular complexity index is 415. The highest BCUT2D eigenvalue weighted by molar-refractivity contribution is 9.10. The Hall–Kier alpha value is -0.540. The zero-order chi connectivity index (χ0) is 11.2. The molecule has 82 valence electrons. The molecule has 1 aromatic rings. The van der Waals surface area contributed by atoms with Gasteiger partial charge in [0.2, 0.25) is 0 Å². The molecule has 0 spiro atoms. The van der Waals surface area contributed by atoms with E-state index < -0.39 is 0 Å². The monoisotopic (exact) mass is 269 g/mol. The van der Waals surface area contributed by atoms with Crippen molar-refractivity contribution in [2.75, 3.05) is 13.6 Å². The summed E-state index contributed by atoms with van der Waals surface area (Å²) in [4.78, 5) is 2.32. The SMILES string of the molecule is Cc1c(O)c(Br)c(C)c2c1CCN(C)C2. The van der Waals surface area contributed by atoms with Crippen LogP contribution in [0.2, 0.25) is 0 Å². The molecule has 0 aliphatic carbocycles. The van der Waals surface area contributed by atoms with Gasteiger partial charge in [0.15, 0.2) is 0 Å². The van der Waals surface area contributed by atoms with Crippen LogP contribution in [0, 0.1) is 13.8 Å². The lowest BCUT2D eigenvalue weighted by Crippen LogP contribution is -2.28. The minimum absolute atomic E-state index is 0.413. The van der Waals surface area contributed by atoms with Gasteiger partial charge in [-0.1, -0.05) is 0 Å². The summed E-state index contributed by atoms with van der Waals surface area (Å²) >= 11 is 3.46. The van der Waals surface area contributed by atoms with Gasteiger partial charge >= 0.3 is 0 Å². The first-order valence-corrected chi connectivity index (χ1v) is 5.99. The normalized spacial score (nSPS) is 16.5. The number of nitrogens with zero attached hydrogens (tertiary/aromatic N) is 1. The van der Waals surface area contributed by atoms with Crippen molar-refractivity contribution in [1.29, 1.82) is 0 Å². The van der Waals surface area contributed by atoms with Crippen molar-refractivity contribution in [2.45, 2.75) is 26.8 Å². The van der Waals surface area contributed by atoms with E-state index in [0.29, 0.717) is 5.75 Å². The van der Waals surface area contributed by atoms with Crippen molar-refractivity contribution in [1.82, 2.24) is 4.90 Å². The summed E-state index contributed by atoms with van der Waals surface area (Å²) in [6, 6.07) is 0. The number of benzene rings is 1. The van der Waals surface area contributed by atoms with Gasteiger partial charge < -0.3 is 10.0 Å². The number of phenols is 1. The van der Waals surface area contributed by atoms with E-state index in [9.17, 15) is 5.11 Å². The summed E-state index contributed by atoms with van der Waals surface area (Å²) in [6.07, 6.45) is 1.04. The van der Waals surface area contributed by atoms with E-state index in [4.69, 9.17) is 0 Å². The number of phenolic OH excluding ortho intramolecular Hbond substituents is 1. The fourth-order valence-corrected chi connectivity index (χ4v) is 2.81. The largest absolute Gasteiger partial charge is 0.506 e. The maximum atomic E-state index is 9.95. The summed E-state index contributed by atoms with van der Waals surface area (Å²) in [5.41, 5.74) is 4.94. The zero-order valence-electron chi connectivity index (χ0n) is 9.39. The second kappa shape index (κ2) is 3.80. The molecule has 0 aromatic heterocycles. The molecule has 1 aromatic carbocycles. The van der Waals surface area contributed by atoms with Crippen LogP contribution in [-0.2, 0) is 13.0 Å². The fraction of sp³-hybridized carbons (Fsp3) is 0.500. The Kier molecular flexibility index (Phi) is 2.77. The third-order valence-corrected chi connectivity index (χ3v) is 4.30. The molecule has 0 atom stereocenters. The summed E-state index contributed by atoms with van der Waals surface area (Å²) in [6.45, 7) is 6.14. The number of rotatable bonds is 0. The van der Waals surface area contributed by atoms with Crippen LogP contribution >= 0.6 is 15.9 Å². The Morgan fingerprint density at radius 1 is 1.20 bits per heavy atom. The Morgan fingerprint density at radius 3 is 2.53 bits per heavy atom. The predicted molar refractivity (Wildman–Crippen MR) is 65.3 cm³/mol. The molecule has 0 fully saturated rings. The topological polar surface area (TPSA) is 23.5 Å². The van der Waals surface area contributed by atoms with Crippen LogP contribution in [0.4, 0.5) is 0 Å². The van der Waals surface area contributed by atoms with E-state index in [-0.39, 0.29) is 0 Å². The fourth-order valence-electron chi connectivity index (χ4n) is 2.27. The first kappa shape index (κ1) is 11.0. The van der Waals surface area contributed by atoms with Crippen molar-refractivity contribution >= 4 is 15.9 Å². The third-order valence-electron chi connectivity index (χ3n) is 3.33. The predicted octanol–water partition coefficient (Wildman–Crippen LogP) is 2.76. The molecule has 2 nitrogen and oxygen atoms in total. The highest BCUT2D eigenvalue weighted by Gasteiger charge is 2.21. The van der Waals surface area contributed by atoms with E-state index in [1.54, 1.807) is 0 Å².